The molecular formula is C34H43NO11. The molecule has 0 aromatic heterocycles. The second-order valence-corrected chi connectivity index (χ2v) is 12.6. The number of carbonyl (C=O) groups excluding carboxylic acids is 2. The summed E-state index contributed by atoms with van der Waals surface area (Å²) in [6, 6.07) is 1.05. The minimum atomic E-state index is -2.00. The van der Waals surface area contributed by atoms with Crippen LogP contribution in [0.25, 0.3) is 10.8 Å². The minimum absolute atomic E-state index is 0.0620. The van der Waals surface area contributed by atoms with Gasteiger partial charge in [-0.15, -0.1) is 0 Å². The molecule has 2 aromatic rings. The van der Waals surface area contributed by atoms with Crippen LogP contribution in [0.2, 0.25) is 0 Å². The third-order valence-corrected chi connectivity index (χ3v) is 9.33. The quantitative estimate of drug-likeness (QED) is 0.154. The first kappa shape index (κ1) is 34.8. The van der Waals surface area contributed by atoms with E-state index in [-0.39, 0.29) is 38.9 Å². The van der Waals surface area contributed by atoms with E-state index in [1.165, 1.54) is 32.9 Å². The standard InChI is InChI=1S/C34H43NO11/c1-14-9-8-10-15(2)33(44)35-20-13-22(37)23-24(30(20)42)29(41)19(6)31-25(23)32(43)34(7,46-31)45-12-11-21(36)16(3)27(39)18(5)28(40)17(4)26(14)38/h8-14,16-18,21,26-28,36-42H,1-7H3,(H,35,44). The van der Waals surface area contributed by atoms with Crippen molar-refractivity contribution >= 4 is 28.2 Å². The van der Waals surface area contributed by atoms with E-state index in [0.717, 1.165) is 12.3 Å². The number of aliphatic hydroxyl groups is 4. The van der Waals surface area contributed by atoms with Gasteiger partial charge in [-0.3, -0.25) is 9.59 Å². The van der Waals surface area contributed by atoms with Crippen LogP contribution in [0.15, 0.2) is 42.2 Å². The zero-order valence-corrected chi connectivity index (χ0v) is 26.8. The summed E-state index contributed by atoms with van der Waals surface area (Å²) in [7, 11) is 0. The fourth-order valence-electron chi connectivity index (χ4n) is 5.98. The highest BCUT2D eigenvalue weighted by Crippen LogP contribution is 2.53. The van der Waals surface area contributed by atoms with Crippen LogP contribution in [0.4, 0.5) is 5.69 Å². The first-order chi connectivity index (χ1) is 21.4. The first-order valence-corrected chi connectivity index (χ1v) is 15.1. The van der Waals surface area contributed by atoms with Crippen LogP contribution in [0.1, 0.15) is 57.5 Å². The molecule has 0 aliphatic carbocycles. The highest BCUT2D eigenvalue weighted by Gasteiger charge is 2.49. The lowest BCUT2D eigenvalue weighted by atomic mass is 9.78. The van der Waals surface area contributed by atoms with Crippen molar-refractivity contribution in [1.29, 1.82) is 0 Å². The lowest BCUT2D eigenvalue weighted by Crippen LogP contribution is -2.44. The number of ketones is 1. The van der Waals surface area contributed by atoms with Crippen LogP contribution < -0.4 is 10.1 Å². The second kappa shape index (κ2) is 13.0. The Balaban J connectivity index is 1.83. The first-order valence-electron chi connectivity index (χ1n) is 15.1. The predicted octanol–water partition coefficient (Wildman–Crippen LogP) is 3.53. The predicted molar refractivity (Wildman–Crippen MR) is 169 cm³/mol. The molecule has 2 aromatic carbocycles. The normalized spacial score (nSPS) is 32.7. The van der Waals surface area contributed by atoms with Gasteiger partial charge in [0.05, 0.1) is 47.3 Å². The van der Waals surface area contributed by atoms with Crippen molar-refractivity contribution in [3.8, 4) is 23.0 Å². The van der Waals surface area contributed by atoms with Crippen LogP contribution in [-0.4, -0.2) is 77.6 Å². The van der Waals surface area contributed by atoms with Gasteiger partial charge in [-0.05, 0) is 19.9 Å². The number of nitrogens with one attached hydrogen (secondary N) is 1. The summed E-state index contributed by atoms with van der Waals surface area (Å²) in [6.07, 6.45) is 2.28. The van der Waals surface area contributed by atoms with Crippen molar-refractivity contribution in [1.82, 2.24) is 0 Å². The molecule has 12 nitrogen and oxygen atoms in total. The van der Waals surface area contributed by atoms with Crippen molar-refractivity contribution < 1.29 is 54.8 Å². The van der Waals surface area contributed by atoms with Crippen LogP contribution >= 0.6 is 0 Å². The molecule has 5 rings (SSSR count). The van der Waals surface area contributed by atoms with Gasteiger partial charge in [0.1, 0.15) is 17.2 Å². The molecular weight excluding hydrogens is 598 g/mol. The van der Waals surface area contributed by atoms with Gasteiger partial charge < -0.3 is 50.5 Å². The largest absolute Gasteiger partial charge is 0.507 e. The van der Waals surface area contributed by atoms with E-state index in [2.05, 4.69) is 5.32 Å². The maximum absolute atomic E-state index is 13.7. The van der Waals surface area contributed by atoms with Gasteiger partial charge in [-0.2, -0.15) is 0 Å². The summed E-state index contributed by atoms with van der Waals surface area (Å²) in [6.45, 7) is 10.8. The SMILES string of the molecule is CC1=CC=CC(C)C(O)C(C)C(O)C(C)C(O)C(C)C(O)C=COC2(C)Oc3c(C)c(O)c4c(O)c(cc(O)c4c3C2=O)NC1=O. The number of anilines is 1. The van der Waals surface area contributed by atoms with Crippen LogP contribution in [-0.2, 0) is 9.53 Å². The van der Waals surface area contributed by atoms with Crippen LogP contribution in [0, 0.1) is 30.6 Å². The molecule has 3 heterocycles. The van der Waals surface area contributed by atoms with E-state index in [4.69, 9.17) is 9.47 Å². The van der Waals surface area contributed by atoms with Crippen molar-refractivity contribution in [2.45, 2.75) is 78.7 Å². The monoisotopic (exact) mass is 641 g/mol. The number of phenolic OH excluding ortho intramolecular Hbond substituents is 3. The molecule has 1 amide bonds. The van der Waals surface area contributed by atoms with E-state index < -0.39 is 82.8 Å². The molecule has 0 saturated heterocycles. The van der Waals surface area contributed by atoms with Crippen LogP contribution in [0.5, 0.6) is 23.0 Å². The molecule has 9 atom stereocenters. The molecule has 0 saturated carbocycles. The van der Waals surface area contributed by atoms with E-state index in [0.29, 0.717) is 0 Å². The smallest absolute Gasteiger partial charge is 0.312 e. The number of fused-ring (bicyclic) bond motifs is 14. The van der Waals surface area contributed by atoms with Gasteiger partial charge in [0.25, 0.3) is 11.7 Å². The Morgan fingerprint density at radius 2 is 1.43 bits per heavy atom. The second-order valence-electron chi connectivity index (χ2n) is 12.6. The lowest BCUT2D eigenvalue weighted by Gasteiger charge is -2.35. The number of aliphatic hydroxyl groups excluding tert-OH is 4. The number of hydrogen-bond acceptors (Lipinski definition) is 11. The molecule has 0 spiro atoms. The summed E-state index contributed by atoms with van der Waals surface area (Å²) in [4.78, 5) is 26.7. The maximum Gasteiger partial charge on any atom is 0.312 e. The number of ether oxygens (including phenoxy) is 2. The van der Waals surface area contributed by atoms with Gasteiger partial charge in [0.15, 0.2) is 5.75 Å². The van der Waals surface area contributed by atoms with Gasteiger partial charge in [-0.1, -0.05) is 45.9 Å². The number of aromatic hydroxyl groups is 3. The molecule has 9 unspecified atom stereocenters. The highest BCUT2D eigenvalue weighted by atomic mass is 16.7. The number of allylic oxidation sites excluding steroid dienone is 2. The van der Waals surface area contributed by atoms with E-state index in [1.54, 1.807) is 39.8 Å². The third-order valence-electron chi connectivity index (χ3n) is 9.33. The van der Waals surface area contributed by atoms with E-state index >= 15 is 0 Å². The Morgan fingerprint density at radius 1 is 0.826 bits per heavy atom. The zero-order chi connectivity index (χ0) is 34.4. The Hall–Kier alpha value is -4.10. The molecule has 0 radical (unpaired) electrons. The molecule has 8 N–H and O–H groups in total. The fourth-order valence-corrected chi connectivity index (χ4v) is 5.98. The number of Topliss-reactive ketones (excluding diaryl/α,β-unsaturated/α-hetero) is 1. The highest BCUT2D eigenvalue weighted by molar-refractivity contribution is 6.21. The Kier molecular flexibility index (Phi) is 9.79. The van der Waals surface area contributed by atoms with Gasteiger partial charge in [0.2, 0.25) is 0 Å². The molecule has 3 aliphatic rings. The number of hydrogen-bond donors (Lipinski definition) is 8. The topological polar surface area (TPSA) is 206 Å². The van der Waals surface area contributed by atoms with Gasteiger partial charge in [0, 0.05) is 53.2 Å². The van der Waals surface area contributed by atoms with E-state index in [1.807, 2.05) is 0 Å². The van der Waals surface area contributed by atoms with Gasteiger partial charge >= 0.3 is 5.79 Å². The average Bonchev–Trinajstić information content (AvgIpc) is 3.28. The summed E-state index contributed by atoms with van der Waals surface area (Å²) in [5.41, 5.74) is -0.134. The van der Waals surface area contributed by atoms with Crippen LogP contribution in [0.3, 0.4) is 0 Å². The number of rotatable bonds is 0. The Bertz CT molecular complexity index is 1630. The molecule has 12 heteroatoms. The number of carbonyl (C=O) groups is 2. The van der Waals surface area contributed by atoms with Crippen molar-refractivity contribution in [3.05, 3.63) is 53.3 Å². The number of benzene rings is 2. The average molecular weight is 642 g/mol. The zero-order valence-electron chi connectivity index (χ0n) is 26.8. The van der Waals surface area contributed by atoms with Crippen molar-refractivity contribution in [2.75, 3.05) is 5.32 Å². The molecule has 3 aliphatic heterocycles. The number of amides is 1. The molecule has 46 heavy (non-hydrogen) atoms. The Morgan fingerprint density at radius 3 is 2.09 bits per heavy atom. The lowest BCUT2D eigenvalue weighted by molar-refractivity contribution is -0.112. The molecule has 0 fully saturated rings. The maximum atomic E-state index is 13.7. The van der Waals surface area contributed by atoms with Crippen molar-refractivity contribution in [3.63, 3.8) is 0 Å². The summed E-state index contributed by atoms with van der Waals surface area (Å²) in [5.74, 6) is -7.83. The fraction of sp³-hybridized carbons (Fsp3) is 0.471. The summed E-state index contributed by atoms with van der Waals surface area (Å²) < 4.78 is 11.5. The molecule has 250 valence electrons. The minimum Gasteiger partial charge on any atom is -0.507 e. The summed E-state index contributed by atoms with van der Waals surface area (Å²) >= 11 is 0. The van der Waals surface area contributed by atoms with E-state index in [9.17, 15) is 45.3 Å². The Labute approximate surface area is 266 Å². The third kappa shape index (κ3) is 6.05. The summed E-state index contributed by atoms with van der Waals surface area (Å²) in [5, 5.41) is 79.0. The molecule has 5 bridgehead atoms. The van der Waals surface area contributed by atoms with Crippen molar-refractivity contribution in [2.24, 2.45) is 23.7 Å². The number of phenols is 3. The van der Waals surface area contributed by atoms with Gasteiger partial charge in [-0.25, -0.2) is 0 Å².